The van der Waals surface area contributed by atoms with Gasteiger partial charge in [-0.25, -0.2) is 4.98 Å². The first-order chi connectivity index (χ1) is 9.29. The van der Waals surface area contributed by atoms with Crippen LogP contribution in [0.15, 0.2) is 46.6 Å². The monoisotopic (exact) mass is 290 g/mol. The van der Waals surface area contributed by atoms with Crippen LogP contribution in [-0.4, -0.2) is 9.55 Å². The summed E-state index contributed by atoms with van der Waals surface area (Å²) in [5, 5.41) is 2.63. The zero-order valence-corrected chi connectivity index (χ0v) is 11.6. The molecule has 3 rings (SSSR count). The molecule has 0 aliphatic heterocycles. The predicted octanol–water partition coefficient (Wildman–Crippen LogP) is 3.25. The van der Waals surface area contributed by atoms with Crippen LogP contribution < -0.4 is 5.56 Å². The van der Waals surface area contributed by atoms with Gasteiger partial charge in [-0.05, 0) is 23.6 Å². The number of hydrogen-bond acceptors (Lipinski definition) is 3. The zero-order valence-electron chi connectivity index (χ0n) is 10.0. The SMILES string of the molecule is O=c1c2ccccc2nc(CCl)n1Cc1cccs1. The first-order valence-corrected chi connectivity index (χ1v) is 7.28. The van der Waals surface area contributed by atoms with Gasteiger partial charge >= 0.3 is 0 Å². The standard InChI is InChI=1S/C14H11ClN2OS/c15-8-13-16-12-6-2-1-5-11(12)14(18)17(13)9-10-4-3-7-19-10/h1-7H,8-9H2. The van der Waals surface area contributed by atoms with Crippen molar-refractivity contribution in [2.24, 2.45) is 0 Å². The van der Waals surface area contributed by atoms with Crippen LogP contribution in [0, 0.1) is 0 Å². The average Bonchev–Trinajstić information content (AvgIpc) is 2.95. The third kappa shape index (κ3) is 2.29. The Labute approximate surface area is 119 Å². The second-order valence-electron chi connectivity index (χ2n) is 4.15. The molecular formula is C14H11ClN2OS. The number of nitrogens with zero attached hydrogens (tertiary/aromatic N) is 2. The maximum atomic E-state index is 12.5. The van der Waals surface area contributed by atoms with Gasteiger partial charge in [-0.15, -0.1) is 22.9 Å². The van der Waals surface area contributed by atoms with Crippen LogP contribution in [-0.2, 0) is 12.4 Å². The predicted molar refractivity (Wildman–Crippen MR) is 79.0 cm³/mol. The van der Waals surface area contributed by atoms with E-state index in [9.17, 15) is 4.79 Å². The number of benzene rings is 1. The summed E-state index contributed by atoms with van der Waals surface area (Å²) in [5.74, 6) is 0.838. The molecule has 0 aliphatic carbocycles. The van der Waals surface area contributed by atoms with Gasteiger partial charge in [0, 0.05) is 4.88 Å². The molecule has 0 N–H and O–H groups in total. The molecule has 0 amide bonds. The van der Waals surface area contributed by atoms with Crippen LogP contribution in [0.1, 0.15) is 10.7 Å². The third-order valence-corrected chi connectivity index (χ3v) is 4.05. The molecule has 1 aromatic carbocycles. The second kappa shape index (κ2) is 5.15. The lowest BCUT2D eigenvalue weighted by Crippen LogP contribution is -2.25. The van der Waals surface area contributed by atoms with E-state index in [0.717, 1.165) is 4.88 Å². The van der Waals surface area contributed by atoms with Crippen molar-refractivity contribution in [2.45, 2.75) is 12.4 Å². The highest BCUT2D eigenvalue weighted by atomic mass is 35.5. The molecule has 2 heterocycles. The van der Waals surface area contributed by atoms with Crippen LogP contribution in [0.25, 0.3) is 10.9 Å². The summed E-state index contributed by atoms with van der Waals surface area (Å²) in [7, 11) is 0. The van der Waals surface area contributed by atoms with E-state index in [2.05, 4.69) is 4.98 Å². The van der Waals surface area contributed by atoms with E-state index in [0.29, 0.717) is 23.3 Å². The molecule has 0 atom stereocenters. The fourth-order valence-corrected chi connectivity index (χ4v) is 2.93. The van der Waals surface area contributed by atoms with Crippen LogP contribution >= 0.6 is 22.9 Å². The Morgan fingerprint density at radius 2 is 2.05 bits per heavy atom. The van der Waals surface area contributed by atoms with E-state index in [1.54, 1.807) is 22.0 Å². The number of rotatable bonds is 3. The van der Waals surface area contributed by atoms with Crippen molar-refractivity contribution in [3.8, 4) is 0 Å². The molecule has 2 aromatic heterocycles. The van der Waals surface area contributed by atoms with E-state index < -0.39 is 0 Å². The van der Waals surface area contributed by atoms with Gasteiger partial charge in [0.15, 0.2) is 0 Å². The number of alkyl halides is 1. The number of fused-ring (bicyclic) bond motifs is 1. The third-order valence-electron chi connectivity index (χ3n) is 2.95. The molecule has 5 heteroatoms. The van der Waals surface area contributed by atoms with Crippen molar-refractivity contribution in [2.75, 3.05) is 0 Å². The number of aromatic nitrogens is 2. The molecule has 0 saturated heterocycles. The zero-order chi connectivity index (χ0) is 13.2. The Balaban J connectivity index is 2.21. The minimum atomic E-state index is -0.0327. The summed E-state index contributed by atoms with van der Waals surface area (Å²) in [6.07, 6.45) is 0. The van der Waals surface area contributed by atoms with E-state index in [1.165, 1.54) is 0 Å². The van der Waals surface area contributed by atoms with Gasteiger partial charge < -0.3 is 0 Å². The Hall–Kier alpha value is -1.65. The normalized spacial score (nSPS) is 11.0. The van der Waals surface area contributed by atoms with Gasteiger partial charge in [0.05, 0.1) is 23.3 Å². The van der Waals surface area contributed by atoms with E-state index >= 15 is 0 Å². The fraction of sp³-hybridized carbons (Fsp3) is 0.143. The highest BCUT2D eigenvalue weighted by Crippen LogP contribution is 2.14. The summed E-state index contributed by atoms with van der Waals surface area (Å²) in [4.78, 5) is 18.1. The van der Waals surface area contributed by atoms with Crippen molar-refractivity contribution in [1.82, 2.24) is 9.55 Å². The second-order valence-corrected chi connectivity index (χ2v) is 5.45. The lowest BCUT2D eigenvalue weighted by molar-refractivity contribution is 0.714. The lowest BCUT2D eigenvalue weighted by Gasteiger charge is -2.10. The summed E-state index contributed by atoms with van der Waals surface area (Å²) in [5.41, 5.74) is 0.667. The van der Waals surface area contributed by atoms with E-state index in [1.807, 2.05) is 35.7 Å². The van der Waals surface area contributed by atoms with Gasteiger partial charge in [-0.3, -0.25) is 9.36 Å². The highest BCUT2D eigenvalue weighted by Gasteiger charge is 2.10. The first-order valence-electron chi connectivity index (χ1n) is 5.86. The lowest BCUT2D eigenvalue weighted by atomic mass is 10.2. The number of halogens is 1. The molecule has 0 spiro atoms. The summed E-state index contributed by atoms with van der Waals surface area (Å²) < 4.78 is 1.65. The molecule has 19 heavy (non-hydrogen) atoms. The minimum absolute atomic E-state index is 0.0327. The summed E-state index contributed by atoms with van der Waals surface area (Å²) in [6, 6.07) is 11.3. The van der Waals surface area contributed by atoms with Crippen molar-refractivity contribution >= 4 is 33.8 Å². The number of hydrogen-bond donors (Lipinski definition) is 0. The molecule has 3 nitrogen and oxygen atoms in total. The van der Waals surface area contributed by atoms with Crippen LogP contribution in [0.3, 0.4) is 0 Å². The molecule has 96 valence electrons. The van der Waals surface area contributed by atoms with E-state index in [-0.39, 0.29) is 11.4 Å². The van der Waals surface area contributed by atoms with Gasteiger partial charge in [0.1, 0.15) is 5.82 Å². The van der Waals surface area contributed by atoms with Crippen LogP contribution in [0.4, 0.5) is 0 Å². The molecule has 0 saturated carbocycles. The minimum Gasteiger partial charge on any atom is -0.290 e. The molecule has 0 aliphatic rings. The summed E-state index contributed by atoms with van der Waals surface area (Å²) in [6.45, 7) is 0.524. The topological polar surface area (TPSA) is 34.9 Å². The Bertz CT molecular complexity index is 765. The highest BCUT2D eigenvalue weighted by molar-refractivity contribution is 7.09. The molecule has 0 fully saturated rings. The summed E-state index contributed by atoms with van der Waals surface area (Å²) >= 11 is 7.55. The largest absolute Gasteiger partial charge is 0.290 e. The fourth-order valence-electron chi connectivity index (χ4n) is 2.04. The van der Waals surface area contributed by atoms with Gasteiger partial charge in [0.2, 0.25) is 0 Å². The van der Waals surface area contributed by atoms with Crippen molar-refractivity contribution < 1.29 is 0 Å². The Morgan fingerprint density at radius 1 is 1.21 bits per heavy atom. The van der Waals surface area contributed by atoms with Crippen molar-refractivity contribution in [3.05, 3.63) is 62.8 Å². The maximum Gasteiger partial charge on any atom is 0.261 e. The van der Waals surface area contributed by atoms with Crippen LogP contribution in [0.5, 0.6) is 0 Å². The first kappa shape index (κ1) is 12.4. The van der Waals surface area contributed by atoms with Gasteiger partial charge in [-0.2, -0.15) is 0 Å². The van der Waals surface area contributed by atoms with Gasteiger partial charge in [0.25, 0.3) is 5.56 Å². The number of para-hydroxylation sites is 1. The quantitative estimate of drug-likeness (QED) is 0.694. The maximum absolute atomic E-state index is 12.5. The Kier molecular flexibility index (Phi) is 3.36. The molecule has 0 unspecified atom stereocenters. The van der Waals surface area contributed by atoms with Crippen molar-refractivity contribution in [1.29, 1.82) is 0 Å². The van der Waals surface area contributed by atoms with Gasteiger partial charge in [-0.1, -0.05) is 18.2 Å². The van der Waals surface area contributed by atoms with Crippen molar-refractivity contribution in [3.63, 3.8) is 0 Å². The van der Waals surface area contributed by atoms with Crippen LogP contribution in [0.2, 0.25) is 0 Å². The Morgan fingerprint density at radius 3 is 2.79 bits per heavy atom. The number of thiophene rings is 1. The smallest absolute Gasteiger partial charge is 0.261 e. The average molecular weight is 291 g/mol. The molecule has 0 bridgehead atoms. The molecule has 3 aromatic rings. The van der Waals surface area contributed by atoms with E-state index in [4.69, 9.17) is 11.6 Å². The molecular weight excluding hydrogens is 280 g/mol. The molecule has 0 radical (unpaired) electrons.